The highest BCUT2D eigenvalue weighted by Gasteiger charge is 2.41. The predicted molar refractivity (Wildman–Crippen MR) is 122 cm³/mol. The first-order valence-electron chi connectivity index (χ1n) is 10.4. The van der Waals surface area contributed by atoms with Crippen molar-refractivity contribution < 1.29 is 14.3 Å². The SMILES string of the molecule is COc1ccc(C(=O)N2C(CC(C)C)SCC2C(=O)NCCc2ccccc2)cc1. The lowest BCUT2D eigenvalue weighted by Gasteiger charge is -2.30. The summed E-state index contributed by atoms with van der Waals surface area (Å²) in [5.74, 6) is 1.59. The van der Waals surface area contributed by atoms with E-state index in [1.54, 1.807) is 48.0 Å². The van der Waals surface area contributed by atoms with E-state index in [4.69, 9.17) is 4.74 Å². The maximum atomic E-state index is 13.3. The molecule has 2 amide bonds. The summed E-state index contributed by atoms with van der Waals surface area (Å²) in [6.45, 7) is 4.84. The van der Waals surface area contributed by atoms with Gasteiger partial charge in [-0.3, -0.25) is 9.59 Å². The van der Waals surface area contributed by atoms with E-state index in [9.17, 15) is 9.59 Å². The largest absolute Gasteiger partial charge is 0.497 e. The Morgan fingerprint density at radius 2 is 1.83 bits per heavy atom. The Morgan fingerprint density at radius 3 is 2.47 bits per heavy atom. The van der Waals surface area contributed by atoms with Crippen molar-refractivity contribution >= 4 is 23.6 Å². The number of hydrogen-bond donors (Lipinski definition) is 1. The lowest BCUT2D eigenvalue weighted by atomic mass is 10.1. The van der Waals surface area contributed by atoms with Crippen molar-refractivity contribution in [1.29, 1.82) is 0 Å². The summed E-state index contributed by atoms with van der Waals surface area (Å²) in [4.78, 5) is 28.1. The van der Waals surface area contributed by atoms with Crippen molar-refractivity contribution in [3.8, 4) is 5.75 Å². The second-order valence-electron chi connectivity index (χ2n) is 7.90. The van der Waals surface area contributed by atoms with Crippen LogP contribution in [0.4, 0.5) is 0 Å². The zero-order valence-corrected chi connectivity index (χ0v) is 18.7. The summed E-state index contributed by atoms with van der Waals surface area (Å²) in [5.41, 5.74) is 1.76. The Bertz CT molecular complexity index is 839. The minimum Gasteiger partial charge on any atom is -0.497 e. The average Bonchev–Trinajstić information content (AvgIpc) is 3.17. The summed E-state index contributed by atoms with van der Waals surface area (Å²) in [7, 11) is 1.60. The van der Waals surface area contributed by atoms with Gasteiger partial charge in [-0.25, -0.2) is 0 Å². The highest BCUT2D eigenvalue weighted by Crippen LogP contribution is 2.35. The second kappa shape index (κ2) is 10.5. The molecule has 1 aliphatic rings. The number of ether oxygens (including phenoxy) is 1. The fourth-order valence-electron chi connectivity index (χ4n) is 3.60. The first kappa shape index (κ1) is 22.2. The molecule has 2 aromatic carbocycles. The standard InChI is InChI=1S/C24H30N2O3S/c1-17(2)15-22-26(24(28)19-9-11-20(29-3)12-10-19)21(16-30-22)23(27)25-14-13-18-7-5-4-6-8-18/h4-12,17,21-22H,13-16H2,1-3H3,(H,25,27). The van der Waals surface area contributed by atoms with E-state index in [2.05, 4.69) is 31.3 Å². The van der Waals surface area contributed by atoms with Gasteiger partial charge in [-0.05, 0) is 48.6 Å². The van der Waals surface area contributed by atoms with Gasteiger partial charge in [0.15, 0.2) is 0 Å². The molecule has 1 N–H and O–H groups in total. The van der Waals surface area contributed by atoms with Gasteiger partial charge in [0.2, 0.25) is 5.91 Å². The van der Waals surface area contributed by atoms with Crippen LogP contribution >= 0.6 is 11.8 Å². The third kappa shape index (κ3) is 5.57. The maximum Gasteiger partial charge on any atom is 0.255 e. The fraction of sp³-hybridized carbons (Fsp3) is 0.417. The van der Waals surface area contributed by atoms with Crippen LogP contribution in [0.15, 0.2) is 54.6 Å². The number of thioether (sulfide) groups is 1. The summed E-state index contributed by atoms with van der Waals surface area (Å²) in [6, 6.07) is 16.7. The number of carbonyl (C=O) groups excluding carboxylic acids is 2. The number of benzene rings is 2. The number of hydrogen-bond acceptors (Lipinski definition) is 4. The molecule has 0 radical (unpaired) electrons. The Hall–Kier alpha value is -2.47. The van der Waals surface area contributed by atoms with Crippen LogP contribution in [0.3, 0.4) is 0 Å². The number of methoxy groups -OCH3 is 1. The monoisotopic (exact) mass is 426 g/mol. The fourth-order valence-corrected chi connectivity index (χ4v) is 5.24. The molecule has 160 valence electrons. The van der Waals surface area contributed by atoms with Gasteiger partial charge in [0, 0.05) is 17.9 Å². The first-order valence-corrected chi connectivity index (χ1v) is 11.4. The molecule has 1 heterocycles. The third-order valence-electron chi connectivity index (χ3n) is 5.20. The highest BCUT2D eigenvalue weighted by atomic mass is 32.2. The minimum atomic E-state index is -0.455. The Morgan fingerprint density at radius 1 is 1.13 bits per heavy atom. The maximum absolute atomic E-state index is 13.3. The molecule has 0 saturated carbocycles. The molecule has 0 spiro atoms. The van der Waals surface area contributed by atoms with Gasteiger partial charge in [-0.1, -0.05) is 44.2 Å². The van der Waals surface area contributed by atoms with Crippen LogP contribution in [-0.4, -0.2) is 47.5 Å². The van der Waals surface area contributed by atoms with Crippen LogP contribution in [0.25, 0.3) is 0 Å². The van der Waals surface area contributed by atoms with Gasteiger partial charge in [0.1, 0.15) is 11.8 Å². The number of rotatable bonds is 8. The lowest BCUT2D eigenvalue weighted by molar-refractivity contribution is -0.124. The molecule has 1 saturated heterocycles. The van der Waals surface area contributed by atoms with Crippen molar-refractivity contribution in [2.75, 3.05) is 19.4 Å². The Labute approximate surface area is 183 Å². The van der Waals surface area contributed by atoms with Crippen molar-refractivity contribution in [2.45, 2.75) is 38.1 Å². The van der Waals surface area contributed by atoms with Gasteiger partial charge in [0.25, 0.3) is 5.91 Å². The topological polar surface area (TPSA) is 58.6 Å². The zero-order valence-electron chi connectivity index (χ0n) is 17.8. The van der Waals surface area contributed by atoms with Crippen LogP contribution in [0.2, 0.25) is 0 Å². The van der Waals surface area contributed by atoms with Crippen molar-refractivity contribution in [2.24, 2.45) is 5.92 Å². The molecule has 2 atom stereocenters. The van der Waals surface area contributed by atoms with E-state index in [-0.39, 0.29) is 17.2 Å². The molecule has 1 fully saturated rings. The Balaban J connectivity index is 1.70. The first-order chi connectivity index (χ1) is 14.5. The van der Waals surface area contributed by atoms with Gasteiger partial charge in [-0.2, -0.15) is 0 Å². The number of nitrogens with one attached hydrogen (secondary N) is 1. The molecule has 0 aromatic heterocycles. The average molecular weight is 427 g/mol. The summed E-state index contributed by atoms with van der Waals surface area (Å²) >= 11 is 1.70. The van der Waals surface area contributed by atoms with E-state index in [1.807, 2.05) is 18.2 Å². The number of amides is 2. The summed E-state index contributed by atoms with van der Waals surface area (Å²) in [6.07, 6.45) is 1.63. The molecule has 0 bridgehead atoms. The smallest absolute Gasteiger partial charge is 0.255 e. The molecule has 2 unspecified atom stereocenters. The predicted octanol–water partition coefficient (Wildman–Crippen LogP) is 3.98. The van der Waals surface area contributed by atoms with Crippen LogP contribution < -0.4 is 10.1 Å². The van der Waals surface area contributed by atoms with Crippen molar-refractivity contribution in [3.05, 3.63) is 65.7 Å². The van der Waals surface area contributed by atoms with Crippen LogP contribution in [0, 0.1) is 5.92 Å². The van der Waals surface area contributed by atoms with E-state index in [0.29, 0.717) is 29.5 Å². The third-order valence-corrected chi connectivity index (χ3v) is 6.51. The van der Waals surface area contributed by atoms with Gasteiger partial charge >= 0.3 is 0 Å². The molecule has 3 rings (SSSR count). The van der Waals surface area contributed by atoms with E-state index in [0.717, 1.165) is 12.8 Å². The zero-order chi connectivity index (χ0) is 21.5. The van der Waals surface area contributed by atoms with Crippen LogP contribution in [-0.2, 0) is 11.2 Å². The van der Waals surface area contributed by atoms with Gasteiger partial charge < -0.3 is 15.0 Å². The molecular formula is C24H30N2O3S. The molecule has 1 aliphatic heterocycles. The quantitative estimate of drug-likeness (QED) is 0.694. The van der Waals surface area contributed by atoms with E-state index in [1.165, 1.54) is 5.56 Å². The normalized spacial score (nSPS) is 18.5. The molecule has 0 aliphatic carbocycles. The molecule has 30 heavy (non-hydrogen) atoms. The van der Waals surface area contributed by atoms with Gasteiger partial charge in [0.05, 0.1) is 12.5 Å². The Kier molecular flexibility index (Phi) is 7.80. The highest BCUT2D eigenvalue weighted by molar-refractivity contribution is 8.00. The molecular weight excluding hydrogens is 396 g/mol. The summed E-state index contributed by atoms with van der Waals surface area (Å²) < 4.78 is 5.20. The van der Waals surface area contributed by atoms with Crippen molar-refractivity contribution in [3.63, 3.8) is 0 Å². The molecule has 2 aromatic rings. The minimum absolute atomic E-state index is 0.00414. The number of carbonyl (C=O) groups is 2. The molecule has 5 nitrogen and oxygen atoms in total. The van der Waals surface area contributed by atoms with Crippen LogP contribution in [0.1, 0.15) is 36.2 Å². The van der Waals surface area contributed by atoms with Gasteiger partial charge in [-0.15, -0.1) is 11.8 Å². The molecule has 6 heteroatoms. The van der Waals surface area contributed by atoms with Crippen molar-refractivity contribution in [1.82, 2.24) is 10.2 Å². The second-order valence-corrected chi connectivity index (χ2v) is 9.11. The lowest BCUT2D eigenvalue weighted by Crippen LogP contribution is -2.50. The summed E-state index contributed by atoms with van der Waals surface area (Å²) in [5, 5.41) is 3.04. The van der Waals surface area contributed by atoms with E-state index < -0.39 is 6.04 Å². The van der Waals surface area contributed by atoms with Crippen LogP contribution in [0.5, 0.6) is 5.75 Å². The van der Waals surface area contributed by atoms with E-state index >= 15 is 0 Å². The number of nitrogens with zero attached hydrogens (tertiary/aromatic N) is 1.